The van der Waals surface area contributed by atoms with Gasteiger partial charge in [-0.1, -0.05) is 0 Å². The van der Waals surface area contributed by atoms with Gasteiger partial charge in [-0.15, -0.1) is 5.10 Å². The van der Waals surface area contributed by atoms with Gasteiger partial charge in [-0.3, -0.25) is 9.59 Å². The highest BCUT2D eigenvalue weighted by molar-refractivity contribution is 6.53. The summed E-state index contributed by atoms with van der Waals surface area (Å²) in [6, 6.07) is 2.88. The van der Waals surface area contributed by atoms with Crippen LogP contribution in [0.15, 0.2) is 28.4 Å². The number of nitrogens with one attached hydrogen (secondary N) is 2. The van der Waals surface area contributed by atoms with Crippen molar-refractivity contribution in [3.05, 3.63) is 29.3 Å². The minimum Gasteiger partial charge on any atom is -0.481 e. The Morgan fingerprint density at radius 3 is 2.63 bits per heavy atom. The zero-order valence-corrected chi connectivity index (χ0v) is 14.5. The molecule has 1 aromatic carbocycles. The van der Waals surface area contributed by atoms with E-state index in [0.717, 1.165) is 12.1 Å². The second-order valence-corrected chi connectivity index (χ2v) is 7.22. The molecule has 2 heterocycles. The number of aliphatic carboxylic acids is 1. The molecule has 3 N–H and O–H groups in total. The first-order chi connectivity index (χ1) is 12.4. The average Bonchev–Trinajstić information content (AvgIpc) is 3.04. The van der Waals surface area contributed by atoms with E-state index >= 15 is 0 Å². The lowest BCUT2D eigenvalue weighted by Gasteiger charge is -2.20. The van der Waals surface area contributed by atoms with Gasteiger partial charge in [-0.25, -0.2) is 0 Å². The van der Waals surface area contributed by atoms with E-state index in [-0.39, 0.29) is 29.9 Å². The molecule has 7 nitrogen and oxygen atoms in total. The van der Waals surface area contributed by atoms with Crippen LogP contribution in [0.25, 0.3) is 0 Å². The molecule has 27 heavy (non-hydrogen) atoms. The van der Waals surface area contributed by atoms with E-state index in [1.54, 1.807) is 13.8 Å². The van der Waals surface area contributed by atoms with Crippen LogP contribution >= 0.6 is 0 Å². The SMILES string of the molecule is CC1(C=NN=C2C(=O)Nc3cc(C(F)(F)F)ccc32)CC(C)(C(=O)O)CN1. The lowest BCUT2D eigenvalue weighted by molar-refractivity contribution is -0.147. The highest BCUT2D eigenvalue weighted by Gasteiger charge is 2.46. The Bertz CT molecular complexity index is 881. The average molecular weight is 382 g/mol. The molecule has 2 atom stereocenters. The summed E-state index contributed by atoms with van der Waals surface area (Å²) in [5.41, 5.74) is -2.40. The Morgan fingerprint density at radius 1 is 1.33 bits per heavy atom. The first kappa shape index (κ1) is 19.0. The fourth-order valence-electron chi connectivity index (χ4n) is 3.22. The summed E-state index contributed by atoms with van der Waals surface area (Å²) in [7, 11) is 0. The summed E-state index contributed by atoms with van der Waals surface area (Å²) in [6.45, 7) is 3.63. The number of carboxylic acid groups (broad SMARTS) is 1. The van der Waals surface area contributed by atoms with Gasteiger partial charge < -0.3 is 15.7 Å². The number of nitrogens with zero attached hydrogens (tertiary/aromatic N) is 2. The summed E-state index contributed by atoms with van der Waals surface area (Å²) < 4.78 is 38.3. The minimum atomic E-state index is -4.52. The van der Waals surface area contributed by atoms with Crippen LogP contribution in [0.4, 0.5) is 18.9 Å². The molecule has 0 aromatic heterocycles. The van der Waals surface area contributed by atoms with Crippen LogP contribution in [-0.4, -0.2) is 41.0 Å². The normalized spacial score (nSPS) is 29.4. The molecule has 0 saturated carbocycles. The number of rotatable bonds is 3. The first-order valence-electron chi connectivity index (χ1n) is 8.07. The molecule has 1 aromatic rings. The molecule has 2 aliphatic rings. The van der Waals surface area contributed by atoms with Crippen LogP contribution in [0.1, 0.15) is 31.4 Å². The van der Waals surface area contributed by atoms with Gasteiger partial charge in [0.2, 0.25) is 0 Å². The molecule has 2 aliphatic heterocycles. The Hall–Kier alpha value is -2.75. The standard InChI is InChI=1S/C17H17F3N4O3/c1-15(14(26)27)6-16(2,21-7-15)8-22-24-12-10-4-3-9(17(18,19)20)5-11(10)23-13(12)25/h3-5,8,21H,6-7H2,1-2H3,(H,26,27)(H,23,24,25). The van der Waals surface area contributed by atoms with Crippen molar-refractivity contribution < 1.29 is 27.9 Å². The van der Waals surface area contributed by atoms with Crippen LogP contribution in [0.5, 0.6) is 0 Å². The molecule has 1 saturated heterocycles. The van der Waals surface area contributed by atoms with Gasteiger partial charge in [0, 0.05) is 18.3 Å². The fourth-order valence-corrected chi connectivity index (χ4v) is 3.22. The van der Waals surface area contributed by atoms with Crippen LogP contribution in [0, 0.1) is 5.41 Å². The molecular formula is C17H17F3N4O3. The highest BCUT2D eigenvalue weighted by Crippen LogP contribution is 2.35. The van der Waals surface area contributed by atoms with E-state index in [0.29, 0.717) is 0 Å². The van der Waals surface area contributed by atoms with E-state index in [1.165, 1.54) is 12.3 Å². The summed E-state index contributed by atoms with van der Waals surface area (Å²) in [5.74, 6) is -1.58. The lowest BCUT2D eigenvalue weighted by atomic mass is 9.84. The van der Waals surface area contributed by atoms with Gasteiger partial charge in [-0.2, -0.15) is 18.3 Å². The zero-order valence-electron chi connectivity index (χ0n) is 14.5. The van der Waals surface area contributed by atoms with Crippen molar-refractivity contribution in [1.82, 2.24) is 5.32 Å². The smallest absolute Gasteiger partial charge is 0.416 e. The van der Waals surface area contributed by atoms with Crippen molar-refractivity contribution >= 4 is 29.5 Å². The third kappa shape index (κ3) is 3.57. The molecule has 10 heteroatoms. The Balaban J connectivity index is 1.82. The topological polar surface area (TPSA) is 103 Å². The number of hydrogen-bond acceptors (Lipinski definition) is 5. The van der Waals surface area contributed by atoms with Crippen molar-refractivity contribution in [3.8, 4) is 0 Å². The maximum atomic E-state index is 12.8. The predicted octanol–water partition coefficient (Wildman–Crippen LogP) is 2.28. The van der Waals surface area contributed by atoms with Gasteiger partial charge >= 0.3 is 12.1 Å². The Morgan fingerprint density at radius 2 is 2.04 bits per heavy atom. The lowest BCUT2D eigenvalue weighted by Crippen LogP contribution is -2.37. The van der Waals surface area contributed by atoms with Gasteiger partial charge in [0.05, 0.1) is 22.2 Å². The zero-order chi connectivity index (χ0) is 20.0. The number of benzene rings is 1. The van der Waals surface area contributed by atoms with Crippen molar-refractivity contribution in [3.63, 3.8) is 0 Å². The third-order valence-corrected chi connectivity index (χ3v) is 4.72. The van der Waals surface area contributed by atoms with Crippen molar-refractivity contribution in [2.24, 2.45) is 15.6 Å². The predicted molar refractivity (Wildman–Crippen MR) is 91.9 cm³/mol. The highest BCUT2D eigenvalue weighted by atomic mass is 19.4. The van der Waals surface area contributed by atoms with E-state index in [9.17, 15) is 27.9 Å². The maximum absolute atomic E-state index is 12.8. The van der Waals surface area contributed by atoms with E-state index in [1.807, 2.05) is 0 Å². The number of carboxylic acids is 1. The second-order valence-electron chi connectivity index (χ2n) is 7.22. The van der Waals surface area contributed by atoms with E-state index in [4.69, 9.17) is 0 Å². The van der Waals surface area contributed by atoms with Crippen molar-refractivity contribution in [2.45, 2.75) is 32.0 Å². The van der Waals surface area contributed by atoms with Gasteiger partial charge in [0.1, 0.15) is 0 Å². The molecule has 144 valence electrons. The molecule has 0 radical (unpaired) electrons. The van der Waals surface area contributed by atoms with E-state index in [2.05, 4.69) is 20.8 Å². The number of halogens is 3. The molecular weight excluding hydrogens is 365 g/mol. The number of hydrogen-bond donors (Lipinski definition) is 3. The van der Waals surface area contributed by atoms with Crippen molar-refractivity contribution in [1.29, 1.82) is 0 Å². The van der Waals surface area contributed by atoms with Crippen LogP contribution in [0.3, 0.4) is 0 Å². The summed E-state index contributed by atoms with van der Waals surface area (Å²) in [4.78, 5) is 23.3. The number of carbonyl (C=O) groups is 2. The van der Waals surface area contributed by atoms with Gasteiger partial charge in [0.15, 0.2) is 5.71 Å². The maximum Gasteiger partial charge on any atom is 0.416 e. The molecule has 0 aliphatic carbocycles. The largest absolute Gasteiger partial charge is 0.481 e. The van der Waals surface area contributed by atoms with Crippen LogP contribution in [-0.2, 0) is 15.8 Å². The van der Waals surface area contributed by atoms with E-state index < -0.39 is 34.6 Å². The second kappa shape index (κ2) is 6.15. The Labute approximate surface area is 152 Å². The van der Waals surface area contributed by atoms with Crippen LogP contribution < -0.4 is 10.6 Å². The third-order valence-electron chi connectivity index (χ3n) is 4.72. The molecule has 1 amide bonds. The summed E-state index contributed by atoms with van der Waals surface area (Å²) in [5, 5.41) is 22.4. The number of alkyl halides is 3. The van der Waals surface area contributed by atoms with Gasteiger partial charge in [0.25, 0.3) is 5.91 Å². The number of amides is 1. The van der Waals surface area contributed by atoms with Crippen molar-refractivity contribution in [2.75, 3.05) is 11.9 Å². The quantitative estimate of drug-likeness (QED) is 0.551. The first-order valence-corrected chi connectivity index (χ1v) is 8.07. The summed E-state index contributed by atoms with van der Waals surface area (Å²) in [6.07, 6.45) is -2.83. The number of fused-ring (bicyclic) bond motifs is 1. The molecule has 2 unspecified atom stereocenters. The molecule has 0 bridgehead atoms. The molecule has 0 spiro atoms. The monoisotopic (exact) mass is 382 g/mol. The Kier molecular flexibility index (Phi) is 4.34. The van der Waals surface area contributed by atoms with Gasteiger partial charge in [-0.05, 0) is 38.5 Å². The number of anilines is 1. The molecule has 3 rings (SSSR count). The minimum absolute atomic E-state index is 0.0208. The fraction of sp³-hybridized carbons (Fsp3) is 0.412. The number of carbonyl (C=O) groups excluding carboxylic acids is 1. The summed E-state index contributed by atoms with van der Waals surface area (Å²) >= 11 is 0. The molecule has 1 fully saturated rings. The van der Waals surface area contributed by atoms with Crippen LogP contribution in [0.2, 0.25) is 0 Å².